The number of aryl methyl sites for hydroxylation is 1. The fourth-order valence-electron chi connectivity index (χ4n) is 1.64. The molecule has 0 amide bonds. The highest BCUT2D eigenvalue weighted by Gasteiger charge is 1.99. The average molecular weight is 316 g/mol. The molecule has 1 N–H and O–H groups in total. The molecule has 0 atom stereocenters. The number of rotatable bonds is 6. The van der Waals surface area contributed by atoms with Crippen LogP contribution in [0.5, 0.6) is 5.75 Å². The molecule has 1 aromatic carbocycles. The van der Waals surface area contributed by atoms with Crippen LogP contribution in [0.3, 0.4) is 0 Å². The molecule has 0 unspecified atom stereocenters. The van der Waals surface area contributed by atoms with E-state index in [2.05, 4.69) is 24.4 Å². The van der Waals surface area contributed by atoms with Gasteiger partial charge in [-0.2, -0.15) is 0 Å². The molecule has 2 aromatic rings. The summed E-state index contributed by atoms with van der Waals surface area (Å²) in [5.41, 5.74) is 0. The van der Waals surface area contributed by atoms with E-state index in [0.29, 0.717) is 22.4 Å². The Morgan fingerprint density at radius 2 is 1.89 bits per heavy atom. The summed E-state index contributed by atoms with van der Waals surface area (Å²) < 4.78 is 5.58. The highest BCUT2D eigenvalue weighted by atomic mass is 35.5. The van der Waals surface area contributed by atoms with Crippen LogP contribution in [0.1, 0.15) is 9.75 Å². The molecule has 0 saturated heterocycles. The molecule has 102 valence electrons. The van der Waals surface area contributed by atoms with Crippen molar-refractivity contribution in [1.29, 1.82) is 0 Å². The standard InChI is InChI=1S/C14H15Cl2NOS/c1-10-2-3-14(19-10)9-17-4-5-18-13-7-11(15)6-12(16)8-13/h2-3,6-8,17H,4-5,9H2,1H3. The minimum absolute atomic E-state index is 0.584. The predicted octanol–water partition coefficient (Wildman–Crippen LogP) is 4.53. The quantitative estimate of drug-likeness (QED) is 0.791. The van der Waals surface area contributed by atoms with E-state index in [4.69, 9.17) is 27.9 Å². The molecule has 0 saturated carbocycles. The number of hydrogen-bond donors (Lipinski definition) is 1. The van der Waals surface area contributed by atoms with Crippen LogP contribution < -0.4 is 10.1 Å². The fourth-order valence-corrected chi connectivity index (χ4v) is 3.01. The Kier molecular flexibility index (Phi) is 5.52. The molecule has 0 fully saturated rings. The Labute approximate surface area is 127 Å². The minimum Gasteiger partial charge on any atom is -0.492 e. The maximum absolute atomic E-state index is 5.89. The number of hydrogen-bond acceptors (Lipinski definition) is 3. The predicted molar refractivity (Wildman–Crippen MR) is 82.7 cm³/mol. The van der Waals surface area contributed by atoms with Gasteiger partial charge < -0.3 is 10.1 Å². The van der Waals surface area contributed by atoms with Crippen molar-refractivity contribution >= 4 is 34.5 Å². The van der Waals surface area contributed by atoms with Gasteiger partial charge in [-0.25, -0.2) is 0 Å². The van der Waals surface area contributed by atoms with Crippen molar-refractivity contribution in [3.05, 3.63) is 50.1 Å². The van der Waals surface area contributed by atoms with Crippen molar-refractivity contribution < 1.29 is 4.74 Å². The van der Waals surface area contributed by atoms with Crippen LogP contribution in [0.15, 0.2) is 30.3 Å². The molecule has 19 heavy (non-hydrogen) atoms. The molecule has 0 aliphatic carbocycles. The summed E-state index contributed by atoms with van der Waals surface area (Å²) in [5, 5.41) is 4.51. The molecule has 0 aliphatic rings. The Morgan fingerprint density at radius 1 is 1.16 bits per heavy atom. The summed E-state index contributed by atoms with van der Waals surface area (Å²) >= 11 is 13.6. The van der Waals surface area contributed by atoms with Crippen molar-refractivity contribution in [3.8, 4) is 5.75 Å². The second-order valence-electron chi connectivity index (χ2n) is 4.14. The molecule has 0 radical (unpaired) electrons. The third kappa shape index (κ3) is 5.03. The third-order valence-corrected chi connectivity index (χ3v) is 3.92. The van der Waals surface area contributed by atoms with Crippen LogP contribution in [0, 0.1) is 6.92 Å². The van der Waals surface area contributed by atoms with E-state index in [-0.39, 0.29) is 0 Å². The van der Waals surface area contributed by atoms with Crippen molar-refractivity contribution in [2.45, 2.75) is 13.5 Å². The summed E-state index contributed by atoms with van der Waals surface area (Å²) in [5.74, 6) is 0.700. The molecule has 2 rings (SSSR count). The summed E-state index contributed by atoms with van der Waals surface area (Å²) in [4.78, 5) is 2.67. The van der Waals surface area contributed by atoms with Crippen molar-refractivity contribution in [3.63, 3.8) is 0 Å². The van der Waals surface area contributed by atoms with E-state index in [0.717, 1.165) is 13.1 Å². The van der Waals surface area contributed by atoms with Crippen LogP contribution in [0.4, 0.5) is 0 Å². The smallest absolute Gasteiger partial charge is 0.122 e. The van der Waals surface area contributed by atoms with Gasteiger partial charge in [0.15, 0.2) is 0 Å². The molecule has 1 aromatic heterocycles. The second kappa shape index (κ2) is 7.15. The molecule has 5 heteroatoms. The van der Waals surface area contributed by atoms with Gasteiger partial charge >= 0.3 is 0 Å². The normalized spacial score (nSPS) is 10.7. The van der Waals surface area contributed by atoms with E-state index in [9.17, 15) is 0 Å². The van der Waals surface area contributed by atoms with Gasteiger partial charge in [0, 0.05) is 32.9 Å². The van der Waals surface area contributed by atoms with E-state index < -0.39 is 0 Å². The molecule has 2 nitrogen and oxygen atoms in total. The topological polar surface area (TPSA) is 21.3 Å². The second-order valence-corrected chi connectivity index (χ2v) is 6.39. The molecular weight excluding hydrogens is 301 g/mol. The number of benzene rings is 1. The molecular formula is C14H15Cl2NOS. The van der Waals surface area contributed by atoms with Crippen LogP contribution in [0.25, 0.3) is 0 Å². The Hall–Kier alpha value is -0.740. The number of halogens is 2. The molecule has 0 aliphatic heterocycles. The van der Waals surface area contributed by atoms with Gasteiger partial charge in [-0.1, -0.05) is 23.2 Å². The lowest BCUT2D eigenvalue weighted by atomic mass is 10.3. The van der Waals surface area contributed by atoms with Gasteiger partial charge in [-0.05, 0) is 37.3 Å². The van der Waals surface area contributed by atoms with E-state index in [1.807, 2.05) is 11.3 Å². The first kappa shape index (κ1) is 14.7. The first-order chi connectivity index (χ1) is 9.13. The minimum atomic E-state index is 0.584. The fraction of sp³-hybridized carbons (Fsp3) is 0.286. The largest absolute Gasteiger partial charge is 0.492 e. The van der Waals surface area contributed by atoms with E-state index in [1.54, 1.807) is 18.2 Å². The Bertz CT molecular complexity index is 522. The van der Waals surface area contributed by atoms with Crippen LogP contribution in [-0.2, 0) is 6.54 Å². The number of nitrogens with one attached hydrogen (secondary N) is 1. The zero-order chi connectivity index (χ0) is 13.7. The van der Waals surface area contributed by atoms with Gasteiger partial charge in [-0.15, -0.1) is 11.3 Å². The average Bonchev–Trinajstić information content (AvgIpc) is 2.73. The number of thiophene rings is 1. The lowest BCUT2D eigenvalue weighted by molar-refractivity contribution is 0.314. The van der Waals surface area contributed by atoms with Gasteiger partial charge in [0.25, 0.3) is 0 Å². The van der Waals surface area contributed by atoms with Crippen molar-refractivity contribution in [2.75, 3.05) is 13.2 Å². The van der Waals surface area contributed by atoms with E-state index >= 15 is 0 Å². The maximum atomic E-state index is 5.89. The van der Waals surface area contributed by atoms with E-state index in [1.165, 1.54) is 9.75 Å². The van der Waals surface area contributed by atoms with Gasteiger partial charge in [0.2, 0.25) is 0 Å². The highest BCUT2D eigenvalue weighted by Crippen LogP contribution is 2.23. The van der Waals surface area contributed by atoms with Gasteiger partial charge in [0.05, 0.1) is 0 Å². The molecule has 0 spiro atoms. The first-order valence-corrected chi connectivity index (χ1v) is 7.55. The first-order valence-electron chi connectivity index (χ1n) is 5.98. The summed E-state index contributed by atoms with van der Waals surface area (Å²) in [6.45, 7) is 4.35. The lowest BCUT2D eigenvalue weighted by Gasteiger charge is -2.07. The van der Waals surface area contributed by atoms with Crippen LogP contribution >= 0.6 is 34.5 Å². The summed E-state index contributed by atoms with van der Waals surface area (Å²) in [7, 11) is 0. The SMILES string of the molecule is Cc1ccc(CNCCOc2cc(Cl)cc(Cl)c2)s1. The van der Waals surface area contributed by atoms with Gasteiger partial charge in [0.1, 0.15) is 12.4 Å². The zero-order valence-corrected chi connectivity index (χ0v) is 12.9. The highest BCUT2D eigenvalue weighted by molar-refractivity contribution is 7.11. The van der Waals surface area contributed by atoms with Gasteiger partial charge in [-0.3, -0.25) is 0 Å². The van der Waals surface area contributed by atoms with Crippen LogP contribution in [-0.4, -0.2) is 13.2 Å². The third-order valence-electron chi connectivity index (χ3n) is 2.48. The van der Waals surface area contributed by atoms with Crippen LogP contribution in [0.2, 0.25) is 10.0 Å². The zero-order valence-electron chi connectivity index (χ0n) is 10.6. The lowest BCUT2D eigenvalue weighted by Crippen LogP contribution is -2.20. The monoisotopic (exact) mass is 315 g/mol. The number of ether oxygens (including phenoxy) is 1. The van der Waals surface area contributed by atoms with Crippen molar-refractivity contribution in [1.82, 2.24) is 5.32 Å². The maximum Gasteiger partial charge on any atom is 0.122 e. The Morgan fingerprint density at radius 3 is 2.53 bits per heavy atom. The molecule has 1 heterocycles. The molecule has 0 bridgehead atoms. The summed E-state index contributed by atoms with van der Waals surface area (Å²) in [6, 6.07) is 9.48. The van der Waals surface area contributed by atoms with Crippen molar-refractivity contribution in [2.24, 2.45) is 0 Å². The summed E-state index contributed by atoms with van der Waals surface area (Å²) in [6.07, 6.45) is 0. The Balaban J connectivity index is 1.69.